The Morgan fingerprint density at radius 2 is 1.61 bits per heavy atom. The van der Waals surface area contributed by atoms with Gasteiger partial charge in [-0.15, -0.1) is 0 Å². The van der Waals surface area contributed by atoms with E-state index in [4.69, 9.17) is 9.47 Å². The maximum atomic E-state index is 13.7. The fraction of sp³-hybridized carbons (Fsp3) is 0.462. The number of benzene rings is 2. The number of ether oxygens (including phenoxy) is 2. The van der Waals surface area contributed by atoms with Gasteiger partial charge in [0.25, 0.3) is 0 Å². The monoisotopic (exact) mass is 418 g/mol. The van der Waals surface area contributed by atoms with Crippen LogP contribution in [0.15, 0.2) is 60.7 Å². The fourth-order valence-corrected chi connectivity index (χ4v) is 8.94. The number of aliphatic hydroxyl groups is 1. The number of carbonyl (C=O) groups is 2. The molecule has 2 aromatic rings. The second-order valence-corrected chi connectivity index (χ2v) is 9.69. The summed E-state index contributed by atoms with van der Waals surface area (Å²) in [6.45, 7) is 0. The molecular weight excluding hydrogens is 392 g/mol. The van der Waals surface area contributed by atoms with E-state index in [1.165, 1.54) is 14.2 Å². The zero-order valence-corrected chi connectivity index (χ0v) is 17.7. The van der Waals surface area contributed by atoms with Crippen LogP contribution in [0.3, 0.4) is 0 Å². The SMILES string of the molecule is COC(=O)[C@H]1[C@@H]2C[C@H]3[C@H]4[C@@H]2[C@@](Cc2ccccc2)([C@]31C(=O)OC)[C@@]4(O)c1ccccc1. The van der Waals surface area contributed by atoms with Crippen molar-refractivity contribution in [3.63, 3.8) is 0 Å². The highest BCUT2D eigenvalue weighted by Crippen LogP contribution is 2.96. The minimum Gasteiger partial charge on any atom is -0.469 e. The Kier molecular flexibility index (Phi) is 3.67. The van der Waals surface area contributed by atoms with E-state index in [9.17, 15) is 14.7 Å². The van der Waals surface area contributed by atoms with Crippen LogP contribution in [-0.2, 0) is 31.1 Å². The molecule has 31 heavy (non-hydrogen) atoms. The number of carbonyl (C=O) groups excluding carboxylic acids is 2. The molecule has 6 bridgehead atoms. The molecule has 0 heterocycles. The van der Waals surface area contributed by atoms with Gasteiger partial charge in [0.15, 0.2) is 0 Å². The maximum absolute atomic E-state index is 13.7. The molecule has 8 atom stereocenters. The lowest BCUT2D eigenvalue weighted by atomic mass is 9.44. The van der Waals surface area contributed by atoms with Gasteiger partial charge in [-0.2, -0.15) is 0 Å². The highest BCUT2D eigenvalue weighted by molar-refractivity contribution is 5.92. The molecule has 1 N–H and O–H groups in total. The Bertz CT molecular complexity index is 1070. The Morgan fingerprint density at radius 1 is 0.968 bits per heavy atom. The van der Waals surface area contributed by atoms with Crippen LogP contribution in [0.25, 0.3) is 0 Å². The van der Waals surface area contributed by atoms with E-state index in [2.05, 4.69) is 0 Å². The summed E-state index contributed by atoms with van der Waals surface area (Å²) in [5.41, 5.74) is -1.18. The Balaban J connectivity index is 1.63. The Labute approximate surface area is 181 Å². The molecule has 2 aromatic carbocycles. The highest BCUT2D eigenvalue weighted by atomic mass is 16.5. The molecular formula is C26H26O5. The first kappa shape index (κ1) is 19.1. The zero-order chi connectivity index (χ0) is 21.6. The lowest BCUT2D eigenvalue weighted by Crippen LogP contribution is -2.66. The molecule has 5 heteroatoms. The first-order valence-corrected chi connectivity index (χ1v) is 11.0. The summed E-state index contributed by atoms with van der Waals surface area (Å²) < 4.78 is 10.6. The summed E-state index contributed by atoms with van der Waals surface area (Å²) in [6, 6.07) is 19.7. The maximum Gasteiger partial charge on any atom is 0.313 e. The molecule has 0 saturated heterocycles. The van der Waals surface area contributed by atoms with Gasteiger partial charge in [0.05, 0.1) is 25.6 Å². The van der Waals surface area contributed by atoms with E-state index in [-0.39, 0.29) is 35.6 Å². The first-order chi connectivity index (χ1) is 15.0. The third-order valence-corrected chi connectivity index (χ3v) is 9.30. The molecule has 0 amide bonds. The van der Waals surface area contributed by atoms with E-state index < -0.39 is 22.3 Å². The van der Waals surface area contributed by atoms with Gasteiger partial charge in [-0.25, -0.2) is 0 Å². The zero-order valence-electron chi connectivity index (χ0n) is 17.7. The minimum absolute atomic E-state index is 0.0363. The minimum atomic E-state index is -1.19. The predicted molar refractivity (Wildman–Crippen MR) is 111 cm³/mol. The summed E-state index contributed by atoms with van der Waals surface area (Å²) in [7, 11) is 2.78. The predicted octanol–water partition coefficient (Wildman–Crippen LogP) is 2.96. The van der Waals surface area contributed by atoms with Crippen molar-refractivity contribution in [1.82, 2.24) is 0 Å². The summed E-state index contributed by atoms with van der Waals surface area (Å²) in [5, 5.41) is 12.5. The smallest absolute Gasteiger partial charge is 0.313 e. The lowest BCUT2D eigenvalue weighted by Gasteiger charge is -2.61. The average molecular weight is 418 g/mol. The summed E-state index contributed by atoms with van der Waals surface area (Å²) in [6.07, 6.45) is 1.28. The average Bonchev–Trinajstić information content (AvgIpc) is 3.51. The van der Waals surface area contributed by atoms with Crippen molar-refractivity contribution in [3.8, 4) is 0 Å². The second-order valence-electron chi connectivity index (χ2n) is 9.69. The van der Waals surface area contributed by atoms with Crippen molar-refractivity contribution < 1.29 is 24.2 Å². The number of methoxy groups -OCH3 is 2. The van der Waals surface area contributed by atoms with Crippen LogP contribution in [0.4, 0.5) is 0 Å². The van der Waals surface area contributed by atoms with Crippen molar-refractivity contribution in [2.24, 2.45) is 40.4 Å². The summed E-state index contributed by atoms with van der Waals surface area (Å²) in [4.78, 5) is 26.7. The van der Waals surface area contributed by atoms with Gasteiger partial charge in [0.1, 0.15) is 5.60 Å². The number of hydrogen-bond acceptors (Lipinski definition) is 5. The fourth-order valence-electron chi connectivity index (χ4n) is 8.94. The normalized spacial score (nSPS) is 43.0. The van der Waals surface area contributed by atoms with Gasteiger partial charge in [-0.05, 0) is 41.7 Å². The van der Waals surface area contributed by atoms with Crippen LogP contribution < -0.4 is 0 Å². The highest BCUT2D eigenvalue weighted by Gasteiger charge is 3.00. The van der Waals surface area contributed by atoms with Crippen LogP contribution in [0.5, 0.6) is 0 Å². The van der Waals surface area contributed by atoms with Crippen molar-refractivity contribution in [1.29, 1.82) is 0 Å². The first-order valence-electron chi connectivity index (χ1n) is 11.0. The second kappa shape index (κ2) is 5.98. The largest absolute Gasteiger partial charge is 0.469 e. The number of rotatable bonds is 5. The molecule has 6 saturated carbocycles. The van der Waals surface area contributed by atoms with Crippen LogP contribution in [-0.4, -0.2) is 31.3 Å². The van der Waals surface area contributed by atoms with E-state index >= 15 is 0 Å². The van der Waals surface area contributed by atoms with Gasteiger partial charge < -0.3 is 14.6 Å². The Hall–Kier alpha value is -2.66. The molecule has 6 aliphatic carbocycles. The van der Waals surface area contributed by atoms with E-state index in [0.717, 1.165) is 17.5 Å². The molecule has 6 fully saturated rings. The molecule has 6 aliphatic rings. The van der Waals surface area contributed by atoms with Gasteiger partial charge >= 0.3 is 11.9 Å². The van der Waals surface area contributed by atoms with E-state index in [1.807, 2.05) is 60.7 Å². The van der Waals surface area contributed by atoms with Crippen molar-refractivity contribution in [2.75, 3.05) is 14.2 Å². The topological polar surface area (TPSA) is 72.8 Å². The molecule has 5 nitrogen and oxygen atoms in total. The number of hydrogen-bond donors (Lipinski definition) is 1. The van der Waals surface area contributed by atoms with Gasteiger partial charge in [0.2, 0.25) is 0 Å². The third-order valence-electron chi connectivity index (χ3n) is 9.30. The summed E-state index contributed by atoms with van der Waals surface area (Å²) >= 11 is 0. The standard InChI is InChI=1S/C26H26O5/c1-30-22(27)20-17-13-18-21-19(17)24(25(18,20)23(28)31-2,14-15-9-5-3-6-10-15)26(21,29)16-11-7-4-8-12-16/h3-12,17-21,29H,13-14H2,1-2H3/t17-,18+,19-,20-,21+,24+,25-,26-/m1/s1. The van der Waals surface area contributed by atoms with Crippen molar-refractivity contribution in [3.05, 3.63) is 71.8 Å². The molecule has 0 aromatic heterocycles. The van der Waals surface area contributed by atoms with Gasteiger partial charge in [0, 0.05) is 11.3 Å². The summed E-state index contributed by atoms with van der Waals surface area (Å²) in [5.74, 6) is -1.31. The molecule has 0 aliphatic heterocycles. The van der Waals surface area contributed by atoms with Crippen LogP contribution in [0.2, 0.25) is 0 Å². The molecule has 0 radical (unpaired) electrons. The van der Waals surface area contributed by atoms with Crippen LogP contribution in [0.1, 0.15) is 17.5 Å². The van der Waals surface area contributed by atoms with Crippen LogP contribution in [0, 0.1) is 40.4 Å². The van der Waals surface area contributed by atoms with E-state index in [0.29, 0.717) is 6.42 Å². The molecule has 0 unspecified atom stereocenters. The van der Waals surface area contributed by atoms with Gasteiger partial charge in [-0.1, -0.05) is 60.7 Å². The Morgan fingerprint density at radius 3 is 2.23 bits per heavy atom. The van der Waals surface area contributed by atoms with Crippen molar-refractivity contribution >= 4 is 11.9 Å². The quantitative estimate of drug-likeness (QED) is 0.756. The lowest BCUT2D eigenvalue weighted by molar-refractivity contribution is -0.243. The third kappa shape index (κ3) is 1.74. The molecule has 160 valence electrons. The van der Waals surface area contributed by atoms with E-state index in [1.54, 1.807) is 0 Å². The van der Waals surface area contributed by atoms with Crippen molar-refractivity contribution in [2.45, 2.75) is 18.4 Å². The van der Waals surface area contributed by atoms with Gasteiger partial charge in [-0.3, -0.25) is 9.59 Å². The molecule has 8 rings (SSSR count). The molecule has 0 spiro atoms. The van der Waals surface area contributed by atoms with Crippen LogP contribution >= 0.6 is 0 Å². The number of esters is 2.